The van der Waals surface area contributed by atoms with Gasteiger partial charge in [-0.3, -0.25) is 0 Å². The number of carbonyl (C=O) groups excluding carboxylic acids is 1. The standard InChI is InChI=1S/C13H25NO3/c1-10(15)7-8-11-6-5-9-14(11)12(16)17-13(2,3)4/h10-11,15H,5-9H2,1-4H3/t10-,11?/m1/s1. The summed E-state index contributed by atoms with van der Waals surface area (Å²) in [5, 5.41) is 9.29. The first-order valence-corrected chi connectivity index (χ1v) is 6.47. The molecule has 1 amide bonds. The van der Waals surface area contributed by atoms with Gasteiger partial charge in [0.15, 0.2) is 0 Å². The summed E-state index contributed by atoms with van der Waals surface area (Å²) in [5.41, 5.74) is -0.436. The van der Waals surface area contributed by atoms with Crippen LogP contribution in [0.5, 0.6) is 0 Å². The molecule has 0 radical (unpaired) electrons. The molecule has 0 spiro atoms. The van der Waals surface area contributed by atoms with Crippen LogP contribution in [0.1, 0.15) is 53.4 Å². The van der Waals surface area contributed by atoms with Gasteiger partial charge in [0.1, 0.15) is 5.60 Å². The van der Waals surface area contributed by atoms with Crippen LogP contribution in [0.25, 0.3) is 0 Å². The zero-order chi connectivity index (χ0) is 13.1. The van der Waals surface area contributed by atoms with Crippen LogP contribution in [0.2, 0.25) is 0 Å². The number of carbonyl (C=O) groups is 1. The van der Waals surface area contributed by atoms with Gasteiger partial charge >= 0.3 is 6.09 Å². The van der Waals surface area contributed by atoms with Crippen molar-refractivity contribution in [2.45, 2.75) is 71.1 Å². The average molecular weight is 243 g/mol. The normalized spacial score (nSPS) is 22.6. The fraction of sp³-hybridized carbons (Fsp3) is 0.923. The lowest BCUT2D eigenvalue weighted by Crippen LogP contribution is -2.40. The topological polar surface area (TPSA) is 49.8 Å². The number of rotatable bonds is 3. The minimum atomic E-state index is -0.436. The molecule has 1 heterocycles. The van der Waals surface area contributed by atoms with E-state index in [2.05, 4.69) is 0 Å². The molecule has 1 aliphatic rings. The minimum absolute atomic E-state index is 0.217. The predicted molar refractivity (Wildman–Crippen MR) is 66.9 cm³/mol. The van der Waals surface area contributed by atoms with Crippen LogP contribution in [-0.2, 0) is 4.74 Å². The van der Waals surface area contributed by atoms with Gasteiger partial charge in [-0.15, -0.1) is 0 Å². The second-order valence-electron chi connectivity index (χ2n) is 5.90. The second-order valence-corrected chi connectivity index (χ2v) is 5.90. The maximum absolute atomic E-state index is 12.0. The fourth-order valence-electron chi connectivity index (χ4n) is 2.13. The van der Waals surface area contributed by atoms with Crippen molar-refractivity contribution in [3.05, 3.63) is 0 Å². The van der Waals surface area contributed by atoms with Crippen LogP contribution >= 0.6 is 0 Å². The Morgan fingerprint density at radius 2 is 2.18 bits per heavy atom. The van der Waals surface area contributed by atoms with Crippen molar-refractivity contribution in [3.8, 4) is 0 Å². The van der Waals surface area contributed by atoms with Crippen LogP contribution in [0, 0.1) is 0 Å². The summed E-state index contributed by atoms with van der Waals surface area (Å²) >= 11 is 0. The molecule has 100 valence electrons. The van der Waals surface area contributed by atoms with Crippen LogP contribution in [-0.4, -0.2) is 40.4 Å². The molecule has 1 fully saturated rings. The first-order valence-electron chi connectivity index (χ1n) is 6.47. The Morgan fingerprint density at radius 1 is 1.53 bits per heavy atom. The van der Waals surface area contributed by atoms with Gasteiger partial charge in [-0.25, -0.2) is 4.79 Å². The van der Waals surface area contributed by atoms with Gasteiger partial charge in [0, 0.05) is 12.6 Å². The van der Waals surface area contributed by atoms with Crippen LogP contribution in [0.15, 0.2) is 0 Å². The highest BCUT2D eigenvalue weighted by Gasteiger charge is 2.31. The van der Waals surface area contributed by atoms with Crippen molar-refractivity contribution >= 4 is 6.09 Å². The van der Waals surface area contributed by atoms with E-state index in [-0.39, 0.29) is 18.2 Å². The third-order valence-corrected chi connectivity index (χ3v) is 2.92. The summed E-state index contributed by atoms with van der Waals surface area (Å²) in [5.74, 6) is 0. The molecular weight excluding hydrogens is 218 g/mol. The molecule has 2 atom stereocenters. The molecule has 0 aromatic rings. The summed E-state index contributed by atoms with van der Waals surface area (Å²) in [7, 11) is 0. The summed E-state index contributed by atoms with van der Waals surface area (Å²) in [6.07, 6.45) is 3.14. The Balaban J connectivity index is 2.48. The number of ether oxygens (including phenoxy) is 1. The number of aliphatic hydroxyl groups excluding tert-OH is 1. The van der Waals surface area contributed by atoms with E-state index in [1.165, 1.54) is 0 Å². The molecule has 0 bridgehead atoms. The van der Waals surface area contributed by atoms with Crippen molar-refractivity contribution < 1.29 is 14.6 Å². The summed E-state index contributed by atoms with van der Waals surface area (Å²) in [4.78, 5) is 13.8. The van der Waals surface area contributed by atoms with Gasteiger partial charge in [0.05, 0.1) is 6.10 Å². The van der Waals surface area contributed by atoms with E-state index in [0.29, 0.717) is 0 Å². The highest BCUT2D eigenvalue weighted by molar-refractivity contribution is 5.68. The SMILES string of the molecule is C[C@@H](O)CCC1CCCN1C(=O)OC(C)(C)C. The Morgan fingerprint density at radius 3 is 2.71 bits per heavy atom. The molecule has 1 unspecified atom stereocenters. The van der Waals surface area contributed by atoms with Gasteiger partial charge in [-0.1, -0.05) is 0 Å². The van der Waals surface area contributed by atoms with E-state index in [1.807, 2.05) is 25.7 Å². The number of likely N-dealkylation sites (tertiary alicyclic amines) is 1. The Kier molecular flexibility index (Phi) is 4.80. The van der Waals surface area contributed by atoms with Gasteiger partial charge < -0.3 is 14.7 Å². The van der Waals surface area contributed by atoms with Gasteiger partial charge in [0.25, 0.3) is 0 Å². The molecule has 0 saturated carbocycles. The molecule has 1 saturated heterocycles. The van der Waals surface area contributed by atoms with E-state index in [9.17, 15) is 9.90 Å². The number of hydrogen-bond acceptors (Lipinski definition) is 3. The largest absolute Gasteiger partial charge is 0.444 e. The third kappa shape index (κ3) is 4.94. The second kappa shape index (κ2) is 5.71. The lowest BCUT2D eigenvalue weighted by molar-refractivity contribution is 0.0209. The van der Waals surface area contributed by atoms with Crippen LogP contribution in [0.3, 0.4) is 0 Å². The van der Waals surface area contributed by atoms with Gasteiger partial charge in [-0.2, -0.15) is 0 Å². The first-order chi connectivity index (χ1) is 7.79. The zero-order valence-corrected chi connectivity index (χ0v) is 11.4. The number of amides is 1. The van der Waals surface area contributed by atoms with E-state index in [0.717, 1.165) is 32.2 Å². The number of hydrogen-bond donors (Lipinski definition) is 1. The molecule has 1 N–H and O–H groups in total. The fourth-order valence-corrected chi connectivity index (χ4v) is 2.13. The quantitative estimate of drug-likeness (QED) is 0.828. The third-order valence-electron chi connectivity index (χ3n) is 2.92. The maximum atomic E-state index is 12.0. The molecule has 1 rings (SSSR count). The summed E-state index contributed by atoms with van der Waals surface area (Å²) in [6.45, 7) is 8.20. The highest BCUT2D eigenvalue weighted by Crippen LogP contribution is 2.24. The molecular formula is C13H25NO3. The first kappa shape index (κ1) is 14.3. The van der Waals surface area contributed by atoms with Crippen molar-refractivity contribution in [3.63, 3.8) is 0 Å². The molecule has 4 heteroatoms. The monoisotopic (exact) mass is 243 g/mol. The molecule has 1 aliphatic heterocycles. The van der Waals surface area contributed by atoms with Crippen LogP contribution < -0.4 is 0 Å². The van der Waals surface area contributed by atoms with Crippen molar-refractivity contribution in [1.29, 1.82) is 0 Å². The molecule has 0 aliphatic carbocycles. The van der Waals surface area contributed by atoms with Gasteiger partial charge in [-0.05, 0) is 53.4 Å². The Hall–Kier alpha value is -0.770. The summed E-state index contributed by atoms with van der Waals surface area (Å²) in [6, 6.07) is 0.236. The number of nitrogens with zero attached hydrogens (tertiary/aromatic N) is 1. The number of aliphatic hydroxyl groups is 1. The van der Waals surface area contributed by atoms with E-state index >= 15 is 0 Å². The van der Waals surface area contributed by atoms with Crippen molar-refractivity contribution in [1.82, 2.24) is 4.90 Å². The minimum Gasteiger partial charge on any atom is -0.444 e. The zero-order valence-electron chi connectivity index (χ0n) is 11.4. The summed E-state index contributed by atoms with van der Waals surface area (Å²) < 4.78 is 5.38. The molecule has 0 aromatic carbocycles. The smallest absolute Gasteiger partial charge is 0.410 e. The molecule has 4 nitrogen and oxygen atoms in total. The van der Waals surface area contributed by atoms with Crippen molar-refractivity contribution in [2.24, 2.45) is 0 Å². The lowest BCUT2D eigenvalue weighted by atomic mass is 10.1. The lowest BCUT2D eigenvalue weighted by Gasteiger charge is -2.28. The molecule has 0 aromatic heterocycles. The Labute approximate surface area is 104 Å². The van der Waals surface area contributed by atoms with E-state index < -0.39 is 5.60 Å². The van der Waals surface area contributed by atoms with Gasteiger partial charge in [0.2, 0.25) is 0 Å². The predicted octanol–water partition coefficient (Wildman–Crippen LogP) is 2.55. The van der Waals surface area contributed by atoms with E-state index in [1.54, 1.807) is 6.92 Å². The maximum Gasteiger partial charge on any atom is 0.410 e. The molecule has 17 heavy (non-hydrogen) atoms. The highest BCUT2D eigenvalue weighted by atomic mass is 16.6. The Bertz CT molecular complexity index is 258. The average Bonchev–Trinajstić information content (AvgIpc) is 2.59. The van der Waals surface area contributed by atoms with E-state index in [4.69, 9.17) is 4.74 Å². The van der Waals surface area contributed by atoms with Crippen molar-refractivity contribution in [2.75, 3.05) is 6.54 Å². The van der Waals surface area contributed by atoms with Crippen LogP contribution in [0.4, 0.5) is 4.79 Å².